The third kappa shape index (κ3) is 7.18. The Hall–Kier alpha value is -0.620. The number of halogens is 1. The van der Waals surface area contributed by atoms with Gasteiger partial charge < -0.3 is 16.0 Å². The topological polar surface area (TPSA) is 108 Å². The number of sulfonamides is 1. The summed E-state index contributed by atoms with van der Waals surface area (Å²) in [5.74, 6) is 1.15. The molecule has 0 bridgehead atoms. The second-order valence-corrected chi connectivity index (χ2v) is 9.08. The summed E-state index contributed by atoms with van der Waals surface area (Å²) in [7, 11) is -3.11. The molecule has 2 saturated heterocycles. The molecule has 0 aromatic carbocycles. The van der Waals surface area contributed by atoms with Crippen molar-refractivity contribution in [3.8, 4) is 0 Å². The SMILES string of the molecule is CCNC(=NCC1CCN(S(C)(=O)=O)C1)N1CCCC(CC(N)=O)C1.I. The minimum absolute atomic E-state index is 0. The van der Waals surface area contributed by atoms with E-state index in [9.17, 15) is 13.2 Å². The van der Waals surface area contributed by atoms with Crippen LogP contribution >= 0.6 is 24.0 Å². The van der Waals surface area contributed by atoms with Gasteiger partial charge in [0.25, 0.3) is 0 Å². The molecule has 10 heteroatoms. The fourth-order valence-electron chi connectivity index (χ4n) is 3.60. The molecule has 8 nitrogen and oxygen atoms in total. The van der Waals surface area contributed by atoms with E-state index in [1.807, 2.05) is 6.92 Å². The maximum absolute atomic E-state index is 11.6. The largest absolute Gasteiger partial charge is 0.370 e. The minimum Gasteiger partial charge on any atom is -0.370 e. The molecule has 0 radical (unpaired) electrons. The van der Waals surface area contributed by atoms with E-state index in [2.05, 4.69) is 10.2 Å². The van der Waals surface area contributed by atoms with Gasteiger partial charge >= 0.3 is 0 Å². The van der Waals surface area contributed by atoms with Crippen molar-refractivity contribution in [3.63, 3.8) is 0 Å². The van der Waals surface area contributed by atoms with Gasteiger partial charge in [-0.1, -0.05) is 0 Å². The molecule has 0 aromatic heterocycles. The van der Waals surface area contributed by atoms with E-state index in [0.29, 0.717) is 26.1 Å². The van der Waals surface area contributed by atoms with Crippen molar-refractivity contribution in [3.05, 3.63) is 0 Å². The average molecular weight is 501 g/mol. The van der Waals surface area contributed by atoms with E-state index >= 15 is 0 Å². The fraction of sp³-hybridized carbons (Fsp3) is 0.875. The molecule has 2 heterocycles. The van der Waals surface area contributed by atoms with Crippen LogP contribution in [0, 0.1) is 11.8 Å². The summed E-state index contributed by atoms with van der Waals surface area (Å²) in [6.07, 6.45) is 4.57. The number of amides is 1. The van der Waals surface area contributed by atoms with Gasteiger partial charge in [-0.05, 0) is 38.0 Å². The number of hydrogen-bond acceptors (Lipinski definition) is 4. The van der Waals surface area contributed by atoms with Gasteiger partial charge in [-0.3, -0.25) is 9.79 Å². The standard InChI is InChI=1S/C16H31N5O3S.HI/c1-3-18-16(20-7-4-5-13(11-20)9-15(17)22)19-10-14-6-8-21(12-14)25(2,23)24;/h13-14H,3-12H2,1-2H3,(H2,17,22)(H,18,19);1H. The summed E-state index contributed by atoms with van der Waals surface area (Å²) >= 11 is 0. The summed E-state index contributed by atoms with van der Waals surface area (Å²) in [5, 5.41) is 3.32. The van der Waals surface area contributed by atoms with Crippen molar-refractivity contribution in [2.24, 2.45) is 22.6 Å². The van der Waals surface area contributed by atoms with E-state index < -0.39 is 10.0 Å². The predicted molar refractivity (Wildman–Crippen MR) is 114 cm³/mol. The number of guanidine groups is 1. The number of carbonyl (C=O) groups is 1. The Morgan fingerprint density at radius 3 is 2.54 bits per heavy atom. The number of rotatable bonds is 6. The number of piperidine rings is 1. The maximum Gasteiger partial charge on any atom is 0.217 e. The number of likely N-dealkylation sites (tertiary alicyclic amines) is 1. The summed E-state index contributed by atoms with van der Waals surface area (Å²) in [6.45, 7) is 6.25. The lowest BCUT2D eigenvalue weighted by molar-refractivity contribution is -0.119. The third-order valence-electron chi connectivity index (χ3n) is 4.86. The lowest BCUT2D eigenvalue weighted by Crippen LogP contribution is -2.47. The first-order valence-electron chi connectivity index (χ1n) is 9.06. The van der Waals surface area contributed by atoms with Crippen LogP contribution in [-0.2, 0) is 14.8 Å². The molecule has 0 aliphatic carbocycles. The molecule has 2 aliphatic heterocycles. The molecule has 0 saturated carbocycles. The Labute approximate surface area is 174 Å². The van der Waals surface area contributed by atoms with E-state index in [4.69, 9.17) is 10.7 Å². The molecule has 2 atom stereocenters. The average Bonchev–Trinajstić information content (AvgIpc) is 3.00. The summed E-state index contributed by atoms with van der Waals surface area (Å²) in [6, 6.07) is 0. The van der Waals surface area contributed by atoms with Crippen LogP contribution in [0.1, 0.15) is 32.6 Å². The quantitative estimate of drug-likeness (QED) is 0.312. The van der Waals surface area contributed by atoms with Gasteiger partial charge in [0.05, 0.1) is 6.26 Å². The van der Waals surface area contributed by atoms with Gasteiger partial charge in [0.2, 0.25) is 15.9 Å². The van der Waals surface area contributed by atoms with Gasteiger partial charge in [0.15, 0.2) is 5.96 Å². The maximum atomic E-state index is 11.6. The molecule has 3 N–H and O–H groups in total. The Balaban J connectivity index is 0.00000338. The van der Waals surface area contributed by atoms with Crippen LogP contribution < -0.4 is 11.1 Å². The molecule has 26 heavy (non-hydrogen) atoms. The Morgan fingerprint density at radius 2 is 1.96 bits per heavy atom. The van der Waals surface area contributed by atoms with E-state index in [1.165, 1.54) is 10.6 Å². The normalized spacial score (nSPS) is 25.0. The predicted octanol–water partition coefficient (Wildman–Crippen LogP) is 0.439. The summed E-state index contributed by atoms with van der Waals surface area (Å²) in [4.78, 5) is 18.1. The molecule has 2 fully saturated rings. The molecular formula is C16H32IN5O3S. The first kappa shape index (κ1) is 23.4. The monoisotopic (exact) mass is 501 g/mol. The highest BCUT2D eigenvalue weighted by molar-refractivity contribution is 14.0. The van der Waals surface area contributed by atoms with Crippen molar-refractivity contribution in [1.82, 2.24) is 14.5 Å². The van der Waals surface area contributed by atoms with Crippen LogP contribution in [0.2, 0.25) is 0 Å². The Bertz CT molecular complexity index is 599. The van der Waals surface area contributed by atoms with Crippen LogP contribution in [0.3, 0.4) is 0 Å². The second kappa shape index (κ2) is 10.6. The minimum atomic E-state index is -3.11. The summed E-state index contributed by atoms with van der Waals surface area (Å²) < 4.78 is 24.8. The first-order valence-corrected chi connectivity index (χ1v) is 10.9. The van der Waals surface area contributed by atoms with Crippen molar-refractivity contribution in [2.75, 3.05) is 45.5 Å². The van der Waals surface area contributed by atoms with Crippen molar-refractivity contribution >= 4 is 45.9 Å². The first-order chi connectivity index (χ1) is 11.8. The van der Waals surface area contributed by atoms with Crippen LogP contribution in [0.15, 0.2) is 4.99 Å². The lowest BCUT2D eigenvalue weighted by atomic mass is 9.95. The molecule has 152 valence electrons. The van der Waals surface area contributed by atoms with Gasteiger partial charge in [-0.2, -0.15) is 0 Å². The van der Waals surface area contributed by atoms with Crippen LogP contribution in [-0.4, -0.2) is 75.0 Å². The Kier molecular flexibility index (Phi) is 9.59. The zero-order valence-corrected chi connectivity index (χ0v) is 18.8. The van der Waals surface area contributed by atoms with Crippen LogP contribution in [0.4, 0.5) is 0 Å². The zero-order valence-electron chi connectivity index (χ0n) is 15.7. The Morgan fingerprint density at radius 1 is 1.23 bits per heavy atom. The number of hydrogen-bond donors (Lipinski definition) is 2. The molecule has 2 unspecified atom stereocenters. The van der Waals surface area contributed by atoms with E-state index in [-0.39, 0.29) is 41.7 Å². The van der Waals surface area contributed by atoms with Gasteiger partial charge in [-0.15, -0.1) is 24.0 Å². The number of nitrogens with one attached hydrogen (secondary N) is 1. The number of nitrogens with zero attached hydrogens (tertiary/aromatic N) is 3. The second-order valence-electron chi connectivity index (χ2n) is 7.10. The third-order valence-corrected chi connectivity index (χ3v) is 6.13. The van der Waals surface area contributed by atoms with E-state index in [0.717, 1.165) is 44.9 Å². The fourth-order valence-corrected chi connectivity index (χ4v) is 4.52. The molecule has 1 amide bonds. The number of nitrogens with two attached hydrogens (primary N) is 1. The molecule has 2 rings (SSSR count). The number of primary amides is 1. The number of carbonyl (C=O) groups excluding carboxylic acids is 1. The van der Waals surface area contributed by atoms with E-state index in [1.54, 1.807) is 0 Å². The van der Waals surface area contributed by atoms with Crippen molar-refractivity contribution in [1.29, 1.82) is 0 Å². The van der Waals surface area contributed by atoms with Crippen LogP contribution in [0.5, 0.6) is 0 Å². The zero-order chi connectivity index (χ0) is 18.4. The molecule has 0 spiro atoms. The number of aliphatic imine (C=N–C) groups is 1. The smallest absolute Gasteiger partial charge is 0.217 e. The molecule has 2 aliphatic rings. The lowest BCUT2D eigenvalue weighted by Gasteiger charge is -2.34. The van der Waals surface area contributed by atoms with Gasteiger partial charge in [0.1, 0.15) is 0 Å². The highest BCUT2D eigenvalue weighted by Gasteiger charge is 2.29. The van der Waals surface area contributed by atoms with Gasteiger partial charge in [-0.25, -0.2) is 12.7 Å². The highest BCUT2D eigenvalue weighted by atomic mass is 127. The summed E-state index contributed by atoms with van der Waals surface area (Å²) in [5.41, 5.74) is 5.34. The van der Waals surface area contributed by atoms with Gasteiger partial charge in [0, 0.05) is 45.7 Å². The molecule has 0 aromatic rings. The van der Waals surface area contributed by atoms with Crippen LogP contribution in [0.25, 0.3) is 0 Å². The molecular weight excluding hydrogens is 469 g/mol. The highest BCUT2D eigenvalue weighted by Crippen LogP contribution is 2.21. The van der Waals surface area contributed by atoms with Crippen molar-refractivity contribution < 1.29 is 13.2 Å². The van der Waals surface area contributed by atoms with Crippen molar-refractivity contribution in [2.45, 2.75) is 32.6 Å².